The highest BCUT2D eigenvalue weighted by molar-refractivity contribution is 7.16. The van der Waals surface area contributed by atoms with Gasteiger partial charge in [0.1, 0.15) is 10.7 Å². The van der Waals surface area contributed by atoms with Crippen LogP contribution in [-0.2, 0) is 13.0 Å². The summed E-state index contributed by atoms with van der Waals surface area (Å²) in [7, 11) is 0. The van der Waals surface area contributed by atoms with Crippen LogP contribution in [0.4, 0.5) is 0 Å². The summed E-state index contributed by atoms with van der Waals surface area (Å²) in [5.41, 5.74) is 3.28. The molecule has 0 spiro atoms. The van der Waals surface area contributed by atoms with Gasteiger partial charge in [0, 0.05) is 17.8 Å². The summed E-state index contributed by atoms with van der Waals surface area (Å²) >= 11 is 1.50. The molecule has 3 aromatic heterocycles. The van der Waals surface area contributed by atoms with Crippen molar-refractivity contribution in [2.24, 2.45) is 0 Å². The first kappa shape index (κ1) is 12.5. The predicted octanol–water partition coefficient (Wildman–Crippen LogP) is 2.61. The van der Waals surface area contributed by atoms with Crippen LogP contribution in [0.2, 0.25) is 0 Å². The summed E-state index contributed by atoms with van der Waals surface area (Å²) < 4.78 is 2.04. The Labute approximate surface area is 125 Å². The first-order chi connectivity index (χ1) is 10.2. The van der Waals surface area contributed by atoms with Crippen molar-refractivity contribution in [1.29, 1.82) is 0 Å². The van der Waals surface area contributed by atoms with E-state index in [2.05, 4.69) is 15.1 Å². The summed E-state index contributed by atoms with van der Waals surface area (Å²) in [4.78, 5) is 20.2. The molecular weight excluding hydrogens is 284 g/mol. The van der Waals surface area contributed by atoms with Crippen LogP contribution in [0.15, 0.2) is 16.4 Å². The Kier molecular flexibility index (Phi) is 2.78. The number of H-pyrrole nitrogens is 1. The third-order valence-electron chi connectivity index (χ3n) is 3.83. The number of nitrogens with one attached hydrogen (secondary N) is 1. The van der Waals surface area contributed by atoms with Gasteiger partial charge in [-0.2, -0.15) is 5.10 Å². The van der Waals surface area contributed by atoms with Crippen LogP contribution in [0.3, 0.4) is 0 Å². The largest absolute Gasteiger partial charge is 0.306 e. The lowest BCUT2D eigenvalue weighted by molar-refractivity contribution is 0.656. The number of hydrogen-bond acceptors (Lipinski definition) is 4. The molecule has 0 aliphatic carbocycles. The van der Waals surface area contributed by atoms with Gasteiger partial charge in [-0.15, -0.1) is 11.3 Å². The topological polar surface area (TPSA) is 63.6 Å². The zero-order chi connectivity index (χ0) is 14.4. The van der Waals surface area contributed by atoms with E-state index >= 15 is 0 Å². The van der Waals surface area contributed by atoms with E-state index in [1.165, 1.54) is 17.0 Å². The van der Waals surface area contributed by atoms with Crippen molar-refractivity contribution in [3.05, 3.63) is 44.6 Å². The minimum atomic E-state index is -0.0707. The van der Waals surface area contributed by atoms with Crippen LogP contribution in [0, 0.1) is 6.92 Å². The molecule has 3 aromatic rings. The predicted molar refractivity (Wildman–Crippen MR) is 84.5 cm³/mol. The SMILES string of the molecule is Cc1csc2nc(C=Cc3cnn4c3CCC4)[nH]c(=O)c12. The number of aromatic nitrogens is 4. The van der Waals surface area contributed by atoms with Crippen molar-refractivity contribution in [2.75, 3.05) is 0 Å². The average Bonchev–Trinajstić information content (AvgIpc) is 3.13. The molecule has 0 saturated carbocycles. The number of fused-ring (bicyclic) bond motifs is 2. The van der Waals surface area contributed by atoms with Crippen molar-refractivity contribution < 1.29 is 0 Å². The summed E-state index contributed by atoms with van der Waals surface area (Å²) in [5, 5.41) is 7.02. The van der Waals surface area contributed by atoms with Crippen molar-refractivity contribution in [3.8, 4) is 0 Å². The summed E-state index contributed by atoms with van der Waals surface area (Å²) in [6.07, 6.45) is 7.92. The molecule has 0 atom stereocenters. The smallest absolute Gasteiger partial charge is 0.260 e. The number of rotatable bonds is 2. The molecule has 0 fully saturated rings. The fourth-order valence-electron chi connectivity index (χ4n) is 2.78. The maximum Gasteiger partial charge on any atom is 0.260 e. The molecule has 21 heavy (non-hydrogen) atoms. The second-order valence-corrected chi connectivity index (χ2v) is 6.11. The minimum absolute atomic E-state index is 0.0707. The third-order valence-corrected chi connectivity index (χ3v) is 4.82. The first-order valence-electron chi connectivity index (χ1n) is 6.93. The van der Waals surface area contributed by atoms with E-state index in [9.17, 15) is 4.79 Å². The van der Waals surface area contributed by atoms with Crippen LogP contribution in [0.1, 0.15) is 29.1 Å². The number of aromatic amines is 1. The van der Waals surface area contributed by atoms with E-state index in [-0.39, 0.29) is 5.56 Å². The van der Waals surface area contributed by atoms with Crippen molar-refractivity contribution in [1.82, 2.24) is 19.7 Å². The highest BCUT2D eigenvalue weighted by Crippen LogP contribution is 2.21. The van der Waals surface area contributed by atoms with Crippen LogP contribution >= 0.6 is 11.3 Å². The Morgan fingerprint density at radius 2 is 2.33 bits per heavy atom. The summed E-state index contributed by atoms with van der Waals surface area (Å²) in [6, 6.07) is 0. The van der Waals surface area contributed by atoms with Crippen LogP contribution < -0.4 is 5.56 Å². The van der Waals surface area contributed by atoms with Gasteiger partial charge in [-0.25, -0.2) is 4.98 Å². The molecule has 5 nitrogen and oxygen atoms in total. The molecule has 6 heteroatoms. The van der Waals surface area contributed by atoms with Gasteiger partial charge in [0.2, 0.25) is 0 Å². The van der Waals surface area contributed by atoms with Crippen molar-refractivity contribution >= 4 is 33.7 Å². The van der Waals surface area contributed by atoms with Gasteiger partial charge in [0.25, 0.3) is 5.56 Å². The molecule has 4 rings (SSSR count). The van der Waals surface area contributed by atoms with Gasteiger partial charge < -0.3 is 4.98 Å². The zero-order valence-electron chi connectivity index (χ0n) is 11.6. The molecular formula is C15H14N4OS. The van der Waals surface area contributed by atoms with Crippen molar-refractivity contribution in [2.45, 2.75) is 26.3 Å². The Bertz CT molecular complexity index is 916. The van der Waals surface area contributed by atoms with Gasteiger partial charge in [0.15, 0.2) is 0 Å². The van der Waals surface area contributed by atoms with Gasteiger partial charge in [-0.3, -0.25) is 9.48 Å². The molecule has 0 amide bonds. The molecule has 0 aromatic carbocycles. The van der Waals surface area contributed by atoms with Gasteiger partial charge in [-0.05, 0) is 42.9 Å². The molecule has 0 bridgehead atoms. The van der Waals surface area contributed by atoms with E-state index in [0.29, 0.717) is 11.2 Å². The Hall–Kier alpha value is -2.21. The fourth-order valence-corrected chi connectivity index (χ4v) is 3.71. The standard InChI is InChI=1S/C15H14N4OS/c1-9-8-21-15-13(9)14(20)17-12(18-15)5-4-10-7-16-19-6-2-3-11(10)19/h4-5,7-8H,2-3,6H2,1H3,(H,17,18,20). The number of aryl methyl sites for hydroxylation is 2. The Morgan fingerprint density at radius 1 is 1.43 bits per heavy atom. The molecule has 4 heterocycles. The normalized spacial score (nSPS) is 14.3. The van der Waals surface area contributed by atoms with E-state index in [1.807, 2.05) is 35.3 Å². The lowest BCUT2D eigenvalue weighted by Crippen LogP contribution is -2.09. The molecule has 0 saturated heterocycles. The number of thiophene rings is 1. The molecule has 0 radical (unpaired) electrons. The average molecular weight is 298 g/mol. The fraction of sp³-hybridized carbons (Fsp3) is 0.267. The lowest BCUT2D eigenvalue weighted by atomic mass is 10.2. The van der Waals surface area contributed by atoms with E-state index in [0.717, 1.165) is 35.3 Å². The van der Waals surface area contributed by atoms with Gasteiger partial charge >= 0.3 is 0 Å². The lowest BCUT2D eigenvalue weighted by Gasteiger charge is -1.96. The van der Waals surface area contributed by atoms with Gasteiger partial charge in [0.05, 0.1) is 11.6 Å². The van der Waals surface area contributed by atoms with Crippen LogP contribution in [-0.4, -0.2) is 19.7 Å². The second kappa shape index (κ2) is 4.66. The number of nitrogens with zero attached hydrogens (tertiary/aromatic N) is 3. The molecule has 0 unspecified atom stereocenters. The second-order valence-electron chi connectivity index (χ2n) is 5.26. The number of hydrogen-bond donors (Lipinski definition) is 1. The molecule has 1 aliphatic rings. The van der Waals surface area contributed by atoms with Crippen LogP contribution in [0.25, 0.3) is 22.4 Å². The maximum atomic E-state index is 12.1. The molecule has 106 valence electrons. The molecule has 1 aliphatic heterocycles. The quantitative estimate of drug-likeness (QED) is 0.791. The van der Waals surface area contributed by atoms with E-state index in [1.54, 1.807) is 0 Å². The summed E-state index contributed by atoms with van der Waals surface area (Å²) in [6.45, 7) is 2.93. The third kappa shape index (κ3) is 2.03. The van der Waals surface area contributed by atoms with E-state index in [4.69, 9.17) is 0 Å². The monoisotopic (exact) mass is 298 g/mol. The maximum absolute atomic E-state index is 12.1. The Morgan fingerprint density at radius 3 is 3.24 bits per heavy atom. The zero-order valence-corrected chi connectivity index (χ0v) is 12.4. The summed E-state index contributed by atoms with van der Waals surface area (Å²) in [5.74, 6) is 0.590. The first-order valence-corrected chi connectivity index (χ1v) is 7.81. The van der Waals surface area contributed by atoms with E-state index < -0.39 is 0 Å². The van der Waals surface area contributed by atoms with Gasteiger partial charge in [-0.1, -0.05) is 0 Å². The van der Waals surface area contributed by atoms with Crippen molar-refractivity contribution in [3.63, 3.8) is 0 Å². The highest BCUT2D eigenvalue weighted by atomic mass is 32.1. The highest BCUT2D eigenvalue weighted by Gasteiger charge is 2.14. The Balaban J connectivity index is 1.74. The minimum Gasteiger partial charge on any atom is -0.306 e. The molecule has 1 N–H and O–H groups in total. The van der Waals surface area contributed by atoms with Crippen LogP contribution in [0.5, 0.6) is 0 Å².